The van der Waals surface area contributed by atoms with Crippen molar-refractivity contribution < 1.29 is 50.7 Å². The van der Waals surface area contributed by atoms with Crippen LogP contribution in [0.1, 0.15) is 37.5 Å². The maximum Gasteiger partial charge on any atom is 0 e. The fourth-order valence-corrected chi connectivity index (χ4v) is 1.54. The van der Waals surface area contributed by atoms with Crippen molar-refractivity contribution in [3.8, 4) is 0 Å². The molecule has 0 saturated carbocycles. The fraction of sp³-hybridized carbons (Fsp3) is 0.545. The number of hydrogen-bond acceptors (Lipinski definition) is 0. The molecule has 1 aromatic carbocycles. The molecule has 0 unspecified atom stereocenters. The minimum absolute atomic E-state index is 0. The Morgan fingerprint density at radius 3 is 1.93 bits per heavy atom. The molecule has 0 heterocycles. The van der Waals surface area contributed by atoms with E-state index in [0.717, 1.165) is 0 Å². The first-order valence-corrected chi connectivity index (χ1v) is 4.59. The smallest absolute Gasteiger partial charge is 0 e. The molecular weight excluding hydrogens is 382 g/mol. The predicted molar refractivity (Wildman–Crippen MR) is 50.2 cm³/mol. The van der Waals surface area contributed by atoms with E-state index in [0.29, 0.717) is 0 Å². The summed E-state index contributed by atoms with van der Waals surface area (Å²) in [4.78, 5) is 0. The van der Waals surface area contributed by atoms with Gasteiger partial charge in [0.05, 0.1) is 0 Å². The molecule has 0 fully saturated rings. The number of hydrogen-bond donors (Lipinski definition) is 0. The van der Waals surface area contributed by atoms with Crippen LogP contribution in [0, 0.1) is 0 Å². The van der Waals surface area contributed by atoms with Crippen molar-refractivity contribution in [1.82, 2.24) is 0 Å². The summed E-state index contributed by atoms with van der Waals surface area (Å²) in [7, 11) is 0. The second-order valence-corrected chi connectivity index (χ2v) is 2.97. The maximum absolute atomic E-state index is 2.35. The van der Waals surface area contributed by atoms with Gasteiger partial charge in [0.2, 0.25) is 0 Å². The second kappa shape index (κ2) is 10.3. The molecule has 0 aromatic heterocycles. The first-order valence-electron chi connectivity index (χ1n) is 4.59. The van der Waals surface area contributed by atoms with Crippen LogP contribution < -0.4 is 24.8 Å². The maximum atomic E-state index is 2.35. The predicted octanol–water partition coefficient (Wildman–Crippen LogP) is -2.90. The molecule has 1 rings (SSSR count). The molecule has 0 bridgehead atoms. The molecule has 1 aromatic rings. The normalized spacial score (nSPS) is 8.21. The monoisotopic (exact) mass is 399 g/mol. The molecule has 14 heavy (non-hydrogen) atoms. The van der Waals surface area contributed by atoms with Gasteiger partial charge in [-0.05, 0) is 0 Å². The zero-order valence-corrected chi connectivity index (χ0v) is 14.1. The van der Waals surface area contributed by atoms with E-state index in [4.69, 9.17) is 0 Å². The van der Waals surface area contributed by atoms with Gasteiger partial charge in [0.25, 0.3) is 0 Å². The van der Waals surface area contributed by atoms with Crippen LogP contribution >= 0.6 is 0 Å². The summed E-state index contributed by atoms with van der Waals surface area (Å²) >= 11 is 0. The first-order chi connectivity index (χ1) is 5.31. The second-order valence-electron chi connectivity index (χ2n) is 2.97. The summed E-state index contributed by atoms with van der Waals surface area (Å²) in [5, 5.41) is 0. The zero-order chi connectivity index (χ0) is 8.27. The van der Waals surface area contributed by atoms with E-state index < -0.39 is 0 Å². The van der Waals surface area contributed by atoms with Gasteiger partial charge in [-0.3, -0.25) is 0 Å². The van der Waals surface area contributed by atoms with Crippen molar-refractivity contribution in [2.45, 2.75) is 40.0 Å². The van der Waals surface area contributed by atoms with Gasteiger partial charge in [0.15, 0.2) is 0 Å². The molecule has 0 spiro atoms. The van der Waals surface area contributed by atoms with Crippen molar-refractivity contribution in [2.75, 3.05) is 0 Å². The number of halogens is 2. The molecule has 0 N–H and O–H groups in total. The van der Waals surface area contributed by atoms with Gasteiger partial charge in [-0.25, -0.2) is 6.07 Å². The van der Waals surface area contributed by atoms with E-state index in [9.17, 15) is 0 Å². The fourth-order valence-electron chi connectivity index (χ4n) is 1.54. The Morgan fingerprint density at radius 2 is 1.64 bits per heavy atom. The van der Waals surface area contributed by atoms with E-state index in [1.54, 1.807) is 11.1 Å². The van der Waals surface area contributed by atoms with Crippen LogP contribution in [0.2, 0.25) is 0 Å². The molecule has 82 valence electrons. The Bertz CT molecular complexity index is 210. The van der Waals surface area contributed by atoms with Crippen molar-refractivity contribution >= 4 is 0 Å². The van der Waals surface area contributed by atoms with Crippen LogP contribution in [0.3, 0.4) is 0 Å². The van der Waals surface area contributed by atoms with E-state index in [-0.39, 0.29) is 50.7 Å². The van der Waals surface area contributed by atoms with Gasteiger partial charge < -0.3 is 24.8 Å². The largest absolute Gasteiger partial charge is 1.00 e. The van der Waals surface area contributed by atoms with E-state index >= 15 is 0 Å². The number of rotatable bonds is 3. The Hall–Kier alpha value is 0.800. The molecule has 0 amide bonds. The number of aryl methyl sites for hydroxylation is 3. The molecule has 0 saturated heterocycles. The summed E-state index contributed by atoms with van der Waals surface area (Å²) < 4.78 is 0. The molecule has 0 atom stereocenters. The van der Waals surface area contributed by atoms with E-state index in [1.165, 1.54) is 24.8 Å². The topological polar surface area (TPSA) is 0 Å². The first kappa shape index (κ1) is 20.2. The van der Waals surface area contributed by atoms with Gasteiger partial charge >= 0.3 is 0 Å². The summed E-state index contributed by atoms with van der Waals surface area (Å²) in [6.07, 6.45) is 3.54. The summed E-state index contributed by atoms with van der Waals surface area (Å²) in [6, 6.07) is 4.69. The standard InChI is InChI=1S/C11H17.2ClH.Hf/c1-4-9-7-10(5-2)11(6-3)8-9;;;/h7-8H,4-6H2,1-3H3;2*1H;/q-1;;;/p-2. The molecule has 0 radical (unpaired) electrons. The Morgan fingerprint density at radius 1 is 1.07 bits per heavy atom. The average molecular weight is 399 g/mol. The van der Waals surface area contributed by atoms with E-state index in [1.807, 2.05) is 0 Å². The van der Waals surface area contributed by atoms with Crippen LogP contribution in [0.4, 0.5) is 0 Å². The molecule has 0 nitrogen and oxygen atoms in total. The summed E-state index contributed by atoms with van der Waals surface area (Å²) in [5.74, 6) is 0. The van der Waals surface area contributed by atoms with Gasteiger partial charge in [0, 0.05) is 25.8 Å². The van der Waals surface area contributed by atoms with Gasteiger partial charge in [-0.15, -0.1) is 0 Å². The van der Waals surface area contributed by atoms with Gasteiger partial charge in [0.1, 0.15) is 0 Å². The van der Waals surface area contributed by atoms with Crippen LogP contribution in [-0.2, 0) is 45.1 Å². The third-order valence-electron chi connectivity index (χ3n) is 2.30. The van der Waals surface area contributed by atoms with Crippen molar-refractivity contribution in [2.24, 2.45) is 0 Å². The molecule has 3 heteroatoms. The molecule has 0 aliphatic carbocycles. The minimum Gasteiger partial charge on any atom is -1.00 e. The molecule has 0 aliphatic heterocycles. The Labute approximate surface area is 119 Å². The van der Waals surface area contributed by atoms with Crippen LogP contribution in [0.15, 0.2) is 12.1 Å². The zero-order valence-electron chi connectivity index (χ0n) is 9.03. The van der Waals surface area contributed by atoms with Crippen LogP contribution in [-0.4, -0.2) is 0 Å². The van der Waals surface area contributed by atoms with Gasteiger partial charge in [-0.2, -0.15) is 22.8 Å². The average Bonchev–Trinajstić information content (AvgIpc) is 2.46. The van der Waals surface area contributed by atoms with Crippen molar-refractivity contribution in [1.29, 1.82) is 0 Å². The van der Waals surface area contributed by atoms with Crippen LogP contribution in [0.25, 0.3) is 0 Å². The van der Waals surface area contributed by atoms with E-state index in [2.05, 4.69) is 32.9 Å². The summed E-state index contributed by atoms with van der Waals surface area (Å²) in [6.45, 7) is 6.68. The molecular formula is C11H17Cl2Hf-3. The summed E-state index contributed by atoms with van der Waals surface area (Å²) in [5.41, 5.74) is 4.59. The molecule has 0 aliphatic rings. The third kappa shape index (κ3) is 5.04. The SMILES string of the molecule is CCc1cc(CC)[c-](CC)c1.[Cl-].[Cl-].[Hf]. The van der Waals surface area contributed by atoms with Crippen molar-refractivity contribution in [3.05, 3.63) is 28.8 Å². The van der Waals surface area contributed by atoms with Crippen molar-refractivity contribution in [3.63, 3.8) is 0 Å². The Kier molecular flexibility index (Phi) is 14.9. The van der Waals surface area contributed by atoms with Crippen LogP contribution in [0.5, 0.6) is 0 Å². The Balaban J connectivity index is -0.000000403. The van der Waals surface area contributed by atoms with Gasteiger partial charge in [-0.1, -0.05) is 40.0 Å². The quantitative estimate of drug-likeness (QED) is 0.379. The third-order valence-corrected chi connectivity index (χ3v) is 2.30. The minimum atomic E-state index is 0.